The molecule has 0 aromatic heterocycles. The van der Waals surface area contributed by atoms with E-state index < -0.39 is 0 Å². The first-order valence-electron chi connectivity index (χ1n) is 3.06. The first kappa shape index (κ1) is 6.27. The molecule has 10 heavy (non-hydrogen) atoms. The van der Waals surface area contributed by atoms with Gasteiger partial charge in [-0.3, -0.25) is 4.90 Å². The van der Waals surface area contributed by atoms with Crippen LogP contribution in [0.4, 0.5) is 0 Å². The van der Waals surface area contributed by atoms with Crippen LogP contribution in [0.25, 0.3) is 0 Å². The van der Waals surface area contributed by atoms with Gasteiger partial charge in [-0.1, -0.05) is 6.08 Å². The molecule has 0 bridgehead atoms. The molecule has 2 rings (SSSR count). The van der Waals surface area contributed by atoms with Gasteiger partial charge in [0.05, 0.1) is 4.14 Å². The minimum Gasteiger partial charge on any atom is -0.299 e. The van der Waals surface area contributed by atoms with Crippen molar-refractivity contribution in [1.82, 2.24) is 4.90 Å². The summed E-state index contributed by atoms with van der Waals surface area (Å²) < 4.78 is 6.58. The molecule has 0 saturated heterocycles. The first-order valence-corrected chi connectivity index (χ1v) is 5.27. The number of fused-ring (bicyclic) bond motifs is 1. The third-order valence-electron chi connectivity index (χ3n) is 1.49. The van der Waals surface area contributed by atoms with Gasteiger partial charge in [0, 0.05) is 26.7 Å². The number of hydrogen-bond acceptors (Lipinski definition) is 2. The second kappa shape index (κ2) is 2.30. The summed E-state index contributed by atoms with van der Waals surface area (Å²) in [5.41, 5.74) is 1.28. The summed E-state index contributed by atoms with van der Waals surface area (Å²) in [6.07, 6.45) is 6.20. The lowest BCUT2D eigenvalue weighted by atomic mass is 10.3. The van der Waals surface area contributed by atoms with Crippen LogP contribution in [0.2, 0.25) is 0 Å². The van der Waals surface area contributed by atoms with Gasteiger partial charge in [0.2, 0.25) is 0 Å². The quantitative estimate of drug-likeness (QED) is 0.595. The van der Waals surface area contributed by atoms with Crippen molar-refractivity contribution < 1.29 is 0 Å². The third kappa shape index (κ3) is 0.847. The molecule has 0 aromatic carbocycles. The van der Waals surface area contributed by atoms with E-state index in [0.29, 0.717) is 0 Å². The summed E-state index contributed by atoms with van der Waals surface area (Å²) in [4.78, 5) is 2.16. The fourth-order valence-electron chi connectivity index (χ4n) is 0.926. The summed E-state index contributed by atoms with van der Waals surface area (Å²) in [6, 6.07) is 0. The molecule has 2 aliphatic rings. The Kier molecular flexibility index (Phi) is 1.44. The zero-order valence-corrected chi connectivity index (χ0v) is 7.74. The van der Waals surface area contributed by atoms with Crippen LogP contribution in [-0.4, -0.2) is 14.9 Å². The molecule has 0 N–H and O–H groups in total. The molecule has 52 valence electrons. The van der Waals surface area contributed by atoms with Gasteiger partial charge in [-0.15, -0.1) is 0 Å². The fraction of sp³-hybridized carbons (Fsp3) is 0.143. The number of nitrogens with zero attached hydrogens (tertiary/aromatic N) is 2. The van der Waals surface area contributed by atoms with E-state index in [-0.39, 0.29) is 21.0 Å². The maximum absolute atomic E-state index is 4.38. The van der Waals surface area contributed by atoms with Crippen LogP contribution in [0.5, 0.6) is 0 Å². The van der Waals surface area contributed by atoms with Crippen molar-refractivity contribution in [3.63, 3.8) is 0 Å². The summed E-state index contributed by atoms with van der Waals surface area (Å²) >= 11 is -0.0413. The second-order valence-corrected chi connectivity index (χ2v) is 3.77. The van der Waals surface area contributed by atoms with Crippen molar-refractivity contribution in [3.8, 4) is 0 Å². The van der Waals surface area contributed by atoms with Crippen molar-refractivity contribution in [1.29, 1.82) is 0 Å². The van der Waals surface area contributed by atoms with Crippen LogP contribution in [0, 0.1) is 0 Å². The van der Waals surface area contributed by atoms with E-state index in [0.717, 1.165) is 5.84 Å². The molecule has 0 amide bonds. The van der Waals surface area contributed by atoms with Crippen LogP contribution in [-0.2, 0) is 0 Å². The smallest absolute Gasteiger partial charge is 0.143 e. The van der Waals surface area contributed by atoms with Gasteiger partial charge >= 0.3 is 0 Å². The highest BCUT2D eigenvalue weighted by atomic mass is 127. The van der Waals surface area contributed by atoms with E-state index in [4.69, 9.17) is 0 Å². The highest BCUT2D eigenvalue weighted by Crippen LogP contribution is 2.19. The molecule has 2 heterocycles. The van der Waals surface area contributed by atoms with Gasteiger partial charge in [0.25, 0.3) is 0 Å². The van der Waals surface area contributed by atoms with E-state index in [1.165, 1.54) is 5.70 Å². The molecule has 0 radical (unpaired) electrons. The Balaban J connectivity index is 2.43. The molecule has 2 aliphatic heterocycles. The Bertz CT molecular complexity index is 273. The van der Waals surface area contributed by atoms with Crippen LogP contribution in [0.15, 0.2) is 27.1 Å². The SMILES string of the molecule is CC1=CC=CC2=NI=CN12. The summed E-state index contributed by atoms with van der Waals surface area (Å²) in [5, 5.41) is 0. The van der Waals surface area contributed by atoms with E-state index in [1.807, 2.05) is 6.08 Å². The number of allylic oxidation sites excluding steroid dienone is 3. The van der Waals surface area contributed by atoms with Crippen molar-refractivity contribution in [2.24, 2.45) is 3.21 Å². The molecule has 0 spiro atoms. The van der Waals surface area contributed by atoms with Crippen molar-refractivity contribution in [2.45, 2.75) is 6.92 Å². The lowest BCUT2D eigenvalue weighted by Crippen LogP contribution is -2.24. The zero-order valence-electron chi connectivity index (χ0n) is 5.58. The average Bonchev–Trinajstić information content (AvgIpc) is 2.36. The predicted octanol–water partition coefficient (Wildman–Crippen LogP) is 1.82. The lowest BCUT2D eigenvalue weighted by Gasteiger charge is -2.18. The molecule has 0 fully saturated rings. The van der Waals surface area contributed by atoms with Crippen molar-refractivity contribution in [2.75, 3.05) is 0 Å². The van der Waals surface area contributed by atoms with E-state index in [1.54, 1.807) is 0 Å². The van der Waals surface area contributed by atoms with Crippen molar-refractivity contribution in [3.05, 3.63) is 23.9 Å². The lowest BCUT2D eigenvalue weighted by molar-refractivity contribution is 0.790. The van der Waals surface area contributed by atoms with E-state index in [2.05, 4.69) is 31.3 Å². The predicted molar refractivity (Wildman–Crippen MR) is 52.3 cm³/mol. The van der Waals surface area contributed by atoms with Crippen LogP contribution in [0.1, 0.15) is 6.92 Å². The standard InChI is InChI=1S/C7H7IN2/c1-6-3-2-4-7-9-8-5-10(6)7/h2-5H,1H3. The third-order valence-corrected chi connectivity index (χ3v) is 3.07. The molecule has 0 saturated carbocycles. The Hall–Kier alpha value is -0.450. The van der Waals surface area contributed by atoms with Gasteiger partial charge in [-0.05, 0) is 19.1 Å². The Labute approximate surface area is 70.0 Å². The average molecular weight is 246 g/mol. The van der Waals surface area contributed by atoms with Crippen LogP contribution in [0.3, 0.4) is 0 Å². The largest absolute Gasteiger partial charge is 0.299 e. The molecule has 0 aliphatic carbocycles. The minimum absolute atomic E-state index is 0.0413. The normalized spacial score (nSPS) is 21.5. The monoisotopic (exact) mass is 246 g/mol. The highest BCUT2D eigenvalue weighted by Gasteiger charge is 2.13. The second-order valence-electron chi connectivity index (χ2n) is 2.18. The first-order chi connectivity index (χ1) is 4.88. The molecular formula is C7H7IN2. The molecule has 0 unspecified atom stereocenters. The number of amidine groups is 1. The molecule has 2 nitrogen and oxygen atoms in total. The zero-order chi connectivity index (χ0) is 6.97. The summed E-state index contributed by atoms with van der Waals surface area (Å²) in [6.45, 7) is 2.10. The number of rotatable bonds is 0. The van der Waals surface area contributed by atoms with E-state index in [9.17, 15) is 0 Å². The van der Waals surface area contributed by atoms with Crippen LogP contribution < -0.4 is 0 Å². The maximum atomic E-state index is 4.38. The maximum Gasteiger partial charge on any atom is 0.143 e. The van der Waals surface area contributed by atoms with Gasteiger partial charge < -0.3 is 0 Å². The molecular weight excluding hydrogens is 239 g/mol. The van der Waals surface area contributed by atoms with Gasteiger partial charge in [0.1, 0.15) is 5.84 Å². The van der Waals surface area contributed by atoms with Gasteiger partial charge in [-0.25, -0.2) is 3.21 Å². The number of hydrogen-bond donors (Lipinski definition) is 0. The minimum atomic E-state index is -0.0413. The van der Waals surface area contributed by atoms with Gasteiger partial charge in [0.15, 0.2) is 0 Å². The highest BCUT2D eigenvalue weighted by molar-refractivity contribution is 14.2. The van der Waals surface area contributed by atoms with Crippen molar-refractivity contribution >= 4 is 31.0 Å². The topological polar surface area (TPSA) is 15.6 Å². The Morgan fingerprint density at radius 2 is 2.50 bits per heavy atom. The summed E-state index contributed by atoms with van der Waals surface area (Å²) in [5.74, 6) is 1.12. The summed E-state index contributed by atoms with van der Waals surface area (Å²) in [7, 11) is 0. The molecule has 3 heteroatoms. The molecule has 0 atom stereocenters. The number of halogens is 1. The fourth-order valence-corrected chi connectivity index (χ4v) is 2.70. The van der Waals surface area contributed by atoms with Gasteiger partial charge in [-0.2, -0.15) is 0 Å². The Morgan fingerprint density at radius 3 is 3.30 bits per heavy atom. The van der Waals surface area contributed by atoms with E-state index >= 15 is 0 Å². The Morgan fingerprint density at radius 1 is 1.60 bits per heavy atom. The molecule has 0 aromatic rings. The van der Waals surface area contributed by atoms with Crippen LogP contribution >= 0.6 is 21.0 Å².